The van der Waals surface area contributed by atoms with Crippen molar-refractivity contribution in [2.75, 3.05) is 0 Å². The molecule has 0 N–H and O–H groups in total. The van der Waals surface area contributed by atoms with Gasteiger partial charge in [0.1, 0.15) is 0 Å². The summed E-state index contributed by atoms with van der Waals surface area (Å²) in [5.41, 5.74) is 0.961. The first-order chi connectivity index (χ1) is 9.61. The maximum atomic E-state index is 11.5. The molecular formula is C16H13IO3-2. The fourth-order valence-corrected chi connectivity index (χ4v) is 4.20. The minimum atomic E-state index is -1.14. The van der Waals surface area contributed by atoms with E-state index < -0.39 is 27.2 Å². The summed E-state index contributed by atoms with van der Waals surface area (Å²) in [6, 6.07) is 14.3. The van der Waals surface area contributed by atoms with Crippen molar-refractivity contribution in [2.45, 2.75) is 13.3 Å². The molecule has 3 nitrogen and oxygen atoms in total. The molecular weight excluding hydrogens is 367 g/mol. The molecule has 0 amide bonds. The van der Waals surface area contributed by atoms with Crippen LogP contribution < -0.4 is 26.3 Å². The van der Waals surface area contributed by atoms with Crippen LogP contribution in [0.2, 0.25) is 0 Å². The standard InChI is InChI=1S/C16H14IO3/c1-2-15(18)11-7-9-12(10-8-11)17-14-6-4-3-5-13(14)16(19)20/h3-10H,2H2,1H3,(H,19,20)/q-1/p-1. The molecule has 0 aliphatic heterocycles. The number of hydrogen-bond acceptors (Lipinski definition) is 3. The summed E-state index contributed by atoms with van der Waals surface area (Å²) in [7, 11) is 0. The molecule has 0 heterocycles. The van der Waals surface area contributed by atoms with Crippen LogP contribution in [0.3, 0.4) is 0 Å². The van der Waals surface area contributed by atoms with E-state index in [0.717, 1.165) is 7.14 Å². The van der Waals surface area contributed by atoms with Gasteiger partial charge in [-0.1, -0.05) is 0 Å². The second-order valence-corrected chi connectivity index (χ2v) is 7.09. The second-order valence-electron chi connectivity index (χ2n) is 4.15. The van der Waals surface area contributed by atoms with Crippen LogP contribution in [-0.2, 0) is 0 Å². The zero-order chi connectivity index (χ0) is 14.5. The Kier molecular flexibility index (Phi) is 4.89. The van der Waals surface area contributed by atoms with Gasteiger partial charge in [0.25, 0.3) is 0 Å². The Morgan fingerprint density at radius 2 is 1.70 bits per heavy atom. The van der Waals surface area contributed by atoms with Gasteiger partial charge in [-0.15, -0.1) is 0 Å². The Balaban J connectivity index is 2.23. The third-order valence-electron chi connectivity index (χ3n) is 2.79. The van der Waals surface area contributed by atoms with Crippen LogP contribution in [0, 0.1) is 7.14 Å². The van der Waals surface area contributed by atoms with Gasteiger partial charge >= 0.3 is 128 Å². The summed E-state index contributed by atoms with van der Waals surface area (Å²) in [6.45, 7) is 1.83. The van der Waals surface area contributed by atoms with E-state index in [2.05, 4.69) is 0 Å². The molecule has 0 spiro atoms. The molecule has 0 bridgehead atoms. The quantitative estimate of drug-likeness (QED) is 0.483. The predicted molar refractivity (Wildman–Crippen MR) is 69.2 cm³/mol. The number of carboxylic acids is 1. The maximum absolute atomic E-state index is 11.5. The summed E-state index contributed by atoms with van der Waals surface area (Å²) >= 11 is -0.596. The molecule has 2 aromatic carbocycles. The molecule has 2 rings (SSSR count). The van der Waals surface area contributed by atoms with Gasteiger partial charge in [-0.05, 0) is 0 Å². The second kappa shape index (κ2) is 6.65. The van der Waals surface area contributed by atoms with Gasteiger partial charge in [-0.3, -0.25) is 0 Å². The molecule has 20 heavy (non-hydrogen) atoms. The van der Waals surface area contributed by atoms with E-state index >= 15 is 0 Å². The Bertz CT molecular complexity index is 632. The van der Waals surface area contributed by atoms with Gasteiger partial charge in [-0.2, -0.15) is 0 Å². The van der Waals surface area contributed by atoms with E-state index in [1.807, 2.05) is 43.3 Å². The normalized spacial score (nSPS) is 10.4. The molecule has 4 heteroatoms. The molecule has 0 saturated carbocycles. The number of carboxylic acid groups (broad SMARTS) is 1. The van der Waals surface area contributed by atoms with Gasteiger partial charge in [0.15, 0.2) is 0 Å². The molecule has 0 atom stereocenters. The SMILES string of the molecule is CCC(=O)c1ccc([I-]c2ccccc2C(=O)[O-])cc1. The Morgan fingerprint density at radius 3 is 2.30 bits per heavy atom. The number of ketones is 1. The molecule has 0 saturated heterocycles. The van der Waals surface area contributed by atoms with E-state index in [-0.39, 0.29) is 11.3 Å². The minimum absolute atomic E-state index is 0.116. The molecule has 104 valence electrons. The van der Waals surface area contributed by atoms with Crippen molar-refractivity contribution < 1.29 is 35.9 Å². The van der Waals surface area contributed by atoms with Crippen LogP contribution in [0.1, 0.15) is 34.1 Å². The first kappa shape index (κ1) is 14.7. The van der Waals surface area contributed by atoms with Gasteiger partial charge in [-0.25, -0.2) is 0 Å². The molecule has 2 aromatic rings. The Labute approximate surface area is 127 Å². The number of carbonyl (C=O) groups is 2. The van der Waals surface area contributed by atoms with E-state index in [0.29, 0.717) is 12.0 Å². The molecule has 0 aromatic heterocycles. The van der Waals surface area contributed by atoms with Crippen molar-refractivity contribution in [1.29, 1.82) is 0 Å². The van der Waals surface area contributed by atoms with Crippen molar-refractivity contribution >= 4 is 11.8 Å². The van der Waals surface area contributed by atoms with Crippen molar-refractivity contribution in [3.8, 4) is 0 Å². The third-order valence-corrected chi connectivity index (χ3v) is 5.66. The fraction of sp³-hybridized carbons (Fsp3) is 0.125. The summed E-state index contributed by atoms with van der Waals surface area (Å²) in [4.78, 5) is 22.6. The molecule has 0 aliphatic rings. The molecule has 0 fully saturated rings. The number of carbonyl (C=O) groups excluding carboxylic acids is 2. The number of rotatable bonds is 5. The monoisotopic (exact) mass is 380 g/mol. The van der Waals surface area contributed by atoms with Crippen LogP contribution in [0.15, 0.2) is 48.5 Å². The Morgan fingerprint density at radius 1 is 1.05 bits per heavy atom. The summed E-state index contributed by atoms with van der Waals surface area (Å²) in [5, 5.41) is 11.1. The first-order valence-electron chi connectivity index (χ1n) is 6.20. The molecule has 0 aliphatic carbocycles. The first-order valence-corrected chi connectivity index (χ1v) is 8.36. The third kappa shape index (κ3) is 3.45. The van der Waals surface area contributed by atoms with Crippen molar-refractivity contribution in [2.24, 2.45) is 0 Å². The van der Waals surface area contributed by atoms with Crippen LogP contribution in [0.5, 0.6) is 0 Å². The Hall–Kier alpha value is -1.69. The van der Waals surface area contributed by atoms with Gasteiger partial charge in [0.2, 0.25) is 0 Å². The zero-order valence-corrected chi connectivity index (χ0v) is 13.1. The van der Waals surface area contributed by atoms with Crippen LogP contribution in [-0.4, -0.2) is 11.8 Å². The number of halogens is 1. The van der Waals surface area contributed by atoms with Gasteiger partial charge < -0.3 is 0 Å². The summed E-state index contributed by atoms with van der Waals surface area (Å²) in [5.74, 6) is -1.03. The van der Waals surface area contributed by atoms with Crippen molar-refractivity contribution in [3.63, 3.8) is 0 Å². The van der Waals surface area contributed by atoms with E-state index in [1.165, 1.54) is 0 Å². The van der Waals surface area contributed by atoms with Crippen LogP contribution in [0.25, 0.3) is 0 Å². The van der Waals surface area contributed by atoms with E-state index in [1.54, 1.807) is 12.1 Å². The molecule has 0 unspecified atom stereocenters. The van der Waals surface area contributed by atoms with Crippen LogP contribution in [0.4, 0.5) is 0 Å². The van der Waals surface area contributed by atoms with Crippen molar-refractivity contribution in [1.82, 2.24) is 0 Å². The topological polar surface area (TPSA) is 57.2 Å². The van der Waals surface area contributed by atoms with E-state index in [4.69, 9.17) is 0 Å². The fourth-order valence-electron chi connectivity index (χ4n) is 1.73. The number of hydrogen-bond donors (Lipinski definition) is 0. The van der Waals surface area contributed by atoms with Crippen molar-refractivity contribution in [3.05, 3.63) is 66.8 Å². The molecule has 0 radical (unpaired) electrons. The predicted octanol–water partition coefficient (Wildman–Crippen LogP) is -1.23. The number of aromatic carboxylic acids is 1. The number of benzene rings is 2. The number of Topliss-reactive ketones (excluding diaryl/α,β-unsaturated/α-hetero) is 1. The van der Waals surface area contributed by atoms with E-state index in [9.17, 15) is 14.7 Å². The van der Waals surface area contributed by atoms with Gasteiger partial charge in [0.05, 0.1) is 0 Å². The average Bonchev–Trinajstić information content (AvgIpc) is 2.47. The van der Waals surface area contributed by atoms with Crippen LogP contribution >= 0.6 is 0 Å². The summed E-state index contributed by atoms with van der Waals surface area (Å²) < 4.78 is 1.89. The summed E-state index contributed by atoms with van der Waals surface area (Å²) in [6.07, 6.45) is 0.488. The van der Waals surface area contributed by atoms with Gasteiger partial charge in [0, 0.05) is 0 Å². The zero-order valence-electron chi connectivity index (χ0n) is 10.9. The average molecular weight is 380 g/mol.